The number of fused-ring (bicyclic) bond motifs is 1. The Bertz CT molecular complexity index is 589. The van der Waals surface area contributed by atoms with Crippen LogP contribution in [0.2, 0.25) is 0 Å². The molecular weight excluding hydrogens is 270 g/mol. The summed E-state index contributed by atoms with van der Waals surface area (Å²) in [5, 5.41) is 0.781. The molecule has 1 fully saturated rings. The third-order valence-corrected chi connectivity index (χ3v) is 4.81. The van der Waals surface area contributed by atoms with Gasteiger partial charge in [-0.2, -0.15) is 0 Å². The molecule has 1 aliphatic rings. The molecule has 6 heteroatoms. The maximum atomic E-state index is 6.03. The summed E-state index contributed by atoms with van der Waals surface area (Å²) in [5.41, 5.74) is 7.69. The molecule has 0 aliphatic heterocycles. The molecule has 2 N–H and O–H groups in total. The summed E-state index contributed by atoms with van der Waals surface area (Å²) in [7, 11) is 0. The second kappa shape index (κ2) is 5.99. The van der Waals surface area contributed by atoms with Gasteiger partial charge in [0, 0.05) is 11.8 Å². The minimum Gasteiger partial charge on any atom is -0.382 e. The van der Waals surface area contributed by atoms with Gasteiger partial charge in [-0.1, -0.05) is 37.9 Å². The first-order valence-electron chi connectivity index (χ1n) is 7.42. The minimum atomic E-state index is 0.505. The largest absolute Gasteiger partial charge is 0.382 e. The quantitative estimate of drug-likeness (QED) is 0.519. The Balaban J connectivity index is 1.92. The second-order valence-corrected chi connectivity index (χ2v) is 6.42. The summed E-state index contributed by atoms with van der Waals surface area (Å²) >= 11 is 1.69. The van der Waals surface area contributed by atoms with Crippen molar-refractivity contribution in [1.82, 2.24) is 19.5 Å². The van der Waals surface area contributed by atoms with Crippen LogP contribution in [0, 0.1) is 0 Å². The van der Waals surface area contributed by atoms with Crippen LogP contribution in [0.3, 0.4) is 0 Å². The molecular formula is C14H21N5S. The van der Waals surface area contributed by atoms with E-state index in [1.807, 2.05) is 6.33 Å². The highest BCUT2D eigenvalue weighted by Gasteiger charge is 2.21. The number of unbranched alkanes of at least 4 members (excludes halogenated alkanes) is 1. The lowest BCUT2D eigenvalue weighted by atomic mass is 10.2. The lowest BCUT2D eigenvalue weighted by Crippen LogP contribution is -2.05. The minimum absolute atomic E-state index is 0.505. The van der Waals surface area contributed by atoms with E-state index in [2.05, 4.69) is 26.4 Å². The van der Waals surface area contributed by atoms with E-state index < -0.39 is 0 Å². The van der Waals surface area contributed by atoms with Crippen molar-refractivity contribution in [1.29, 1.82) is 0 Å². The molecule has 2 heterocycles. The van der Waals surface area contributed by atoms with Crippen molar-refractivity contribution in [2.45, 2.75) is 56.6 Å². The maximum absolute atomic E-state index is 6.03. The van der Waals surface area contributed by atoms with E-state index in [4.69, 9.17) is 5.73 Å². The Morgan fingerprint density at radius 2 is 2.15 bits per heavy atom. The first kappa shape index (κ1) is 13.7. The SMILES string of the molecule is CCCCSc1nc(N)c2ncn(C3CCCC3)c2n1. The van der Waals surface area contributed by atoms with Gasteiger partial charge in [0.1, 0.15) is 5.52 Å². The van der Waals surface area contributed by atoms with Gasteiger partial charge in [-0.05, 0) is 19.3 Å². The van der Waals surface area contributed by atoms with Gasteiger partial charge >= 0.3 is 0 Å². The van der Waals surface area contributed by atoms with Gasteiger partial charge in [0.15, 0.2) is 16.6 Å². The van der Waals surface area contributed by atoms with Crippen LogP contribution < -0.4 is 5.73 Å². The molecule has 20 heavy (non-hydrogen) atoms. The molecule has 2 aromatic heterocycles. The first-order valence-corrected chi connectivity index (χ1v) is 8.41. The zero-order chi connectivity index (χ0) is 13.9. The van der Waals surface area contributed by atoms with Crippen molar-refractivity contribution in [3.8, 4) is 0 Å². The molecule has 0 aromatic carbocycles. The predicted octanol–water partition coefficient (Wildman–Crippen LogP) is 3.42. The molecule has 5 nitrogen and oxygen atoms in total. The van der Waals surface area contributed by atoms with E-state index in [1.54, 1.807) is 11.8 Å². The Hall–Kier alpha value is -1.30. The summed E-state index contributed by atoms with van der Waals surface area (Å²) in [6.45, 7) is 2.19. The molecule has 2 aromatic rings. The topological polar surface area (TPSA) is 69.6 Å². The predicted molar refractivity (Wildman–Crippen MR) is 82.9 cm³/mol. The summed E-state index contributed by atoms with van der Waals surface area (Å²) in [5.74, 6) is 1.55. The van der Waals surface area contributed by atoms with Gasteiger partial charge < -0.3 is 10.3 Å². The van der Waals surface area contributed by atoms with Crippen LogP contribution in [-0.2, 0) is 0 Å². The number of nitrogens with zero attached hydrogens (tertiary/aromatic N) is 4. The van der Waals surface area contributed by atoms with Crippen LogP contribution >= 0.6 is 11.8 Å². The van der Waals surface area contributed by atoms with Crippen molar-refractivity contribution in [3.05, 3.63) is 6.33 Å². The summed E-state index contributed by atoms with van der Waals surface area (Å²) in [6, 6.07) is 0.530. The van der Waals surface area contributed by atoms with Gasteiger partial charge in [0.05, 0.1) is 6.33 Å². The zero-order valence-electron chi connectivity index (χ0n) is 11.9. The van der Waals surface area contributed by atoms with Crippen molar-refractivity contribution < 1.29 is 0 Å². The first-order chi connectivity index (χ1) is 9.79. The Morgan fingerprint density at radius 1 is 1.35 bits per heavy atom. The van der Waals surface area contributed by atoms with Crippen LogP contribution in [0.15, 0.2) is 11.5 Å². The number of nitrogens with two attached hydrogens (primary N) is 1. The van der Waals surface area contributed by atoms with Gasteiger partial charge in [-0.15, -0.1) is 0 Å². The van der Waals surface area contributed by atoms with Gasteiger partial charge in [0.25, 0.3) is 0 Å². The van der Waals surface area contributed by atoms with Crippen LogP contribution in [0.1, 0.15) is 51.5 Å². The molecule has 0 saturated heterocycles. The second-order valence-electron chi connectivity index (χ2n) is 5.36. The standard InChI is InChI=1S/C14H21N5S/c1-2-3-8-20-14-17-12(15)11-13(18-14)19(9-16-11)10-6-4-5-7-10/h9-10H,2-8H2,1H3,(H2,15,17,18). The number of nitrogen functional groups attached to an aromatic ring is 1. The van der Waals surface area contributed by atoms with Gasteiger partial charge in [0.2, 0.25) is 0 Å². The highest BCUT2D eigenvalue weighted by Crippen LogP contribution is 2.32. The van der Waals surface area contributed by atoms with Gasteiger partial charge in [-0.25, -0.2) is 15.0 Å². The molecule has 108 valence electrons. The highest BCUT2D eigenvalue weighted by atomic mass is 32.2. The van der Waals surface area contributed by atoms with Crippen molar-refractivity contribution in [2.75, 3.05) is 11.5 Å². The zero-order valence-corrected chi connectivity index (χ0v) is 12.7. The lowest BCUT2D eigenvalue weighted by Gasteiger charge is -2.11. The smallest absolute Gasteiger partial charge is 0.191 e. The number of rotatable bonds is 5. The lowest BCUT2D eigenvalue weighted by molar-refractivity contribution is 0.528. The Labute approximate surface area is 123 Å². The number of hydrogen-bond acceptors (Lipinski definition) is 5. The van der Waals surface area contributed by atoms with Gasteiger partial charge in [-0.3, -0.25) is 0 Å². The van der Waals surface area contributed by atoms with E-state index >= 15 is 0 Å². The normalized spacial score (nSPS) is 16.2. The fraction of sp³-hybridized carbons (Fsp3) is 0.643. The molecule has 1 aliphatic carbocycles. The summed E-state index contributed by atoms with van der Waals surface area (Å²) < 4.78 is 2.20. The highest BCUT2D eigenvalue weighted by molar-refractivity contribution is 7.99. The molecule has 0 amide bonds. The summed E-state index contributed by atoms with van der Waals surface area (Å²) in [4.78, 5) is 13.5. The van der Waals surface area contributed by atoms with E-state index in [-0.39, 0.29) is 0 Å². The number of hydrogen-bond donors (Lipinski definition) is 1. The summed E-state index contributed by atoms with van der Waals surface area (Å²) in [6.07, 6.45) is 9.26. The number of aromatic nitrogens is 4. The molecule has 3 rings (SSSR count). The molecule has 0 spiro atoms. The molecule has 0 radical (unpaired) electrons. The molecule has 0 unspecified atom stereocenters. The third-order valence-electron chi connectivity index (χ3n) is 3.88. The van der Waals surface area contributed by atoms with Crippen molar-refractivity contribution >= 4 is 28.7 Å². The third kappa shape index (κ3) is 2.61. The number of thioether (sulfide) groups is 1. The Morgan fingerprint density at radius 3 is 2.90 bits per heavy atom. The molecule has 0 bridgehead atoms. The van der Waals surface area contributed by atoms with E-state index in [9.17, 15) is 0 Å². The van der Waals surface area contributed by atoms with Crippen molar-refractivity contribution in [2.24, 2.45) is 0 Å². The van der Waals surface area contributed by atoms with Crippen LogP contribution in [0.25, 0.3) is 11.2 Å². The number of anilines is 1. The van der Waals surface area contributed by atoms with E-state index in [1.165, 1.54) is 38.5 Å². The average Bonchev–Trinajstić information content (AvgIpc) is 3.06. The van der Waals surface area contributed by atoms with Crippen molar-refractivity contribution in [3.63, 3.8) is 0 Å². The Kier molecular flexibility index (Phi) is 4.10. The number of imidazole rings is 1. The van der Waals surface area contributed by atoms with E-state index in [0.29, 0.717) is 11.9 Å². The maximum Gasteiger partial charge on any atom is 0.191 e. The van der Waals surface area contributed by atoms with Crippen LogP contribution in [0.4, 0.5) is 5.82 Å². The van der Waals surface area contributed by atoms with Crippen LogP contribution in [0.5, 0.6) is 0 Å². The van der Waals surface area contributed by atoms with E-state index in [0.717, 1.165) is 22.1 Å². The molecule has 1 saturated carbocycles. The molecule has 0 atom stereocenters. The van der Waals surface area contributed by atoms with Crippen LogP contribution in [-0.4, -0.2) is 25.3 Å². The fourth-order valence-corrected chi connectivity index (χ4v) is 3.67. The average molecular weight is 291 g/mol. The monoisotopic (exact) mass is 291 g/mol. The fourth-order valence-electron chi connectivity index (χ4n) is 2.74.